The molecule has 4 nitrogen and oxygen atoms in total. The van der Waals surface area contributed by atoms with E-state index >= 15 is 0 Å². The molecule has 0 aromatic rings. The summed E-state index contributed by atoms with van der Waals surface area (Å²) in [6, 6.07) is 0. The Hall–Kier alpha value is -0.610. The van der Waals surface area contributed by atoms with E-state index in [0.29, 0.717) is 0 Å². The molecule has 1 heterocycles. The van der Waals surface area contributed by atoms with Crippen molar-refractivity contribution in [2.45, 2.75) is 25.2 Å². The van der Waals surface area contributed by atoms with Gasteiger partial charge < -0.3 is 14.7 Å². The van der Waals surface area contributed by atoms with E-state index < -0.39 is 11.8 Å². The van der Waals surface area contributed by atoms with Crippen molar-refractivity contribution >= 4 is 5.91 Å². The van der Waals surface area contributed by atoms with Crippen molar-refractivity contribution in [1.82, 2.24) is 4.90 Å². The van der Waals surface area contributed by atoms with Gasteiger partial charge in [-0.2, -0.15) is 0 Å². The molecule has 1 N–H and O–H groups in total. The van der Waals surface area contributed by atoms with E-state index in [2.05, 4.69) is 0 Å². The second-order valence-corrected chi connectivity index (χ2v) is 2.98. The Balaban J connectivity index is 2.82. The summed E-state index contributed by atoms with van der Waals surface area (Å²) in [6.07, 6.45) is -0.139. The zero-order valence-corrected chi connectivity index (χ0v) is 7.00. The number of amides is 1. The van der Waals surface area contributed by atoms with Crippen molar-refractivity contribution in [2.75, 3.05) is 14.2 Å². The number of hydrogen-bond acceptors (Lipinski definition) is 3. The highest BCUT2D eigenvalue weighted by atomic mass is 16.5. The zero-order valence-electron chi connectivity index (χ0n) is 7.00. The van der Waals surface area contributed by atoms with Crippen LogP contribution in [-0.2, 0) is 9.53 Å². The molecule has 1 fully saturated rings. The number of nitrogens with zero attached hydrogens (tertiary/aromatic N) is 1. The first kappa shape index (κ1) is 8.49. The monoisotopic (exact) mass is 159 g/mol. The summed E-state index contributed by atoms with van der Waals surface area (Å²) in [4.78, 5) is 12.4. The van der Waals surface area contributed by atoms with Crippen LogP contribution >= 0.6 is 0 Å². The molecule has 1 aliphatic rings. The van der Waals surface area contributed by atoms with Gasteiger partial charge in [-0.1, -0.05) is 0 Å². The summed E-state index contributed by atoms with van der Waals surface area (Å²) in [5.74, 6) is -0.0816. The van der Waals surface area contributed by atoms with Crippen molar-refractivity contribution in [2.24, 2.45) is 0 Å². The molecule has 4 heteroatoms. The molecule has 0 spiro atoms. The van der Waals surface area contributed by atoms with Gasteiger partial charge in [0.15, 0.2) is 5.72 Å². The fraction of sp³-hybridized carbons (Fsp3) is 0.857. The van der Waals surface area contributed by atoms with Gasteiger partial charge in [-0.25, -0.2) is 0 Å². The minimum Gasteiger partial charge on any atom is -0.376 e. The third-order valence-electron chi connectivity index (χ3n) is 2.31. The first-order valence-electron chi connectivity index (χ1n) is 3.52. The van der Waals surface area contributed by atoms with Crippen molar-refractivity contribution < 1.29 is 14.6 Å². The first-order valence-corrected chi connectivity index (χ1v) is 3.52. The Labute approximate surface area is 65.8 Å². The molecule has 0 aliphatic carbocycles. The van der Waals surface area contributed by atoms with E-state index in [1.54, 1.807) is 14.0 Å². The predicted molar refractivity (Wildman–Crippen MR) is 38.8 cm³/mol. The number of likely N-dealkylation sites (N-methyl/N-ethyl adjacent to an activating group) is 1. The Kier molecular flexibility index (Phi) is 1.90. The van der Waals surface area contributed by atoms with E-state index in [4.69, 9.17) is 4.74 Å². The fourth-order valence-corrected chi connectivity index (χ4v) is 1.26. The third kappa shape index (κ3) is 1.12. The second kappa shape index (κ2) is 2.46. The highest BCUT2D eigenvalue weighted by Gasteiger charge is 2.46. The van der Waals surface area contributed by atoms with Gasteiger partial charge in [-0.05, 0) is 6.92 Å². The minimum absolute atomic E-state index is 0.0816. The van der Waals surface area contributed by atoms with Crippen LogP contribution in [0.3, 0.4) is 0 Å². The molecule has 0 aromatic heterocycles. The maximum atomic E-state index is 11.0. The Morgan fingerprint density at radius 3 is 2.55 bits per heavy atom. The highest BCUT2D eigenvalue weighted by Crippen LogP contribution is 2.27. The average Bonchev–Trinajstić information content (AvgIpc) is 2.13. The van der Waals surface area contributed by atoms with Gasteiger partial charge >= 0.3 is 0 Å². The smallest absolute Gasteiger partial charge is 0.227 e. The molecule has 2 unspecified atom stereocenters. The maximum absolute atomic E-state index is 11.0. The summed E-state index contributed by atoms with van der Waals surface area (Å²) in [5.41, 5.74) is -1.15. The molecule has 1 rings (SSSR count). The van der Waals surface area contributed by atoms with Crippen molar-refractivity contribution in [3.8, 4) is 0 Å². The van der Waals surface area contributed by atoms with Crippen LogP contribution in [0.1, 0.15) is 13.3 Å². The Morgan fingerprint density at radius 2 is 2.36 bits per heavy atom. The molecule has 0 radical (unpaired) electrons. The lowest BCUT2D eigenvalue weighted by Gasteiger charge is -2.30. The number of carbonyl (C=O) groups is 1. The van der Waals surface area contributed by atoms with E-state index in [9.17, 15) is 9.90 Å². The SMILES string of the molecule is COC1CC(=O)N(C)C1(C)O. The van der Waals surface area contributed by atoms with Crippen LogP contribution in [0.2, 0.25) is 0 Å². The lowest BCUT2D eigenvalue weighted by atomic mass is 10.1. The molecular formula is C7H13NO3. The van der Waals surface area contributed by atoms with Crippen LogP contribution in [0, 0.1) is 0 Å². The molecule has 0 saturated carbocycles. The predicted octanol–water partition coefficient (Wildman–Crippen LogP) is -0.428. The van der Waals surface area contributed by atoms with Gasteiger partial charge in [0.25, 0.3) is 0 Å². The number of ether oxygens (including phenoxy) is 1. The van der Waals surface area contributed by atoms with E-state index in [0.717, 1.165) is 0 Å². The van der Waals surface area contributed by atoms with E-state index in [1.165, 1.54) is 12.0 Å². The van der Waals surface area contributed by atoms with Gasteiger partial charge in [-0.15, -0.1) is 0 Å². The van der Waals surface area contributed by atoms with Crippen molar-refractivity contribution in [3.05, 3.63) is 0 Å². The van der Waals surface area contributed by atoms with E-state index in [1.807, 2.05) is 0 Å². The summed E-state index contributed by atoms with van der Waals surface area (Å²) >= 11 is 0. The van der Waals surface area contributed by atoms with Gasteiger partial charge in [0.05, 0.1) is 6.42 Å². The first-order chi connectivity index (χ1) is 5.00. The second-order valence-electron chi connectivity index (χ2n) is 2.98. The average molecular weight is 159 g/mol. The highest BCUT2D eigenvalue weighted by molar-refractivity contribution is 5.79. The number of likely N-dealkylation sites (tertiary alicyclic amines) is 1. The summed E-state index contributed by atoms with van der Waals surface area (Å²) < 4.78 is 4.95. The molecule has 1 aliphatic heterocycles. The van der Waals surface area contributed by atoms with Crippen LogP contribution in [-0.4, -0.2) is 41.9 Å². The van der Waals surface area contributed by atoms with Crippen LogP contribution < -0.4 is 0 Å². The number of methoxy groups -OCH3 is 1. The molecular weight excluding hydrogens is 146 g/mol. The quantitative estimate of drug-likeness (QED) is 0.565. The standard InChI is InChI=1S/C7H13NO3/c1-7(10)5(11-3)4-6(9)8(7)2/h5,10H,4H2,1-3H3. The number of aliphatic hydroxyl groups is 1. The summed E-state index contributed by atoms with van der Waals surface area (Å²) in [7, 11) is 3.06. The van der Waals surface area contributed by atoms with E-state index in [-0.39, 0.29) is 12.3 Å². The molecule has 64 valence electrons. The van der Waals surface area contributed by atoms with Crippen LogP contribution in [0.4, 0.5) is 0 Å². The number of rotatable bonds is 1. The lowest BCUT2D eigenvalue weighted by molar-refractivity contribution is -0.150. The molecule has 1 saturated heterocycles. The normalized spacial score (nSPS) is 38.4. The Morgan fingerprint density at radius 1 is 1.82 bits per heavy atom. The summed E-state index contributed by atoms with van der Waals surface area (Å²) in [5, 5.41) is 9.67. The van der Waals surface area contributed by atoms with Crippen LogP contribution in [0.5, 0.6) is 0 Å². The zero-order chi connectivity index (χ0) is 8.65. The minimum atomic E-state index is -1.15. The lowest BCUT2D eigenvalue weighted by Crippen LogP contribution is -2.47. The van der Waals surface area contributed by atoms with Gasteiger partial charge in [0, 0.05) is 14.2 Å². The van der Waals surface area contributed by atoms with Crippen LogP contribution in [0.25, 0.3) is 0 Å². The van der Waals surface area contributed by atoms with Crippen LogP contribution in [0.15, 0.2) is 0 Å². The topological polar surface area (TPSA) is 49.8 Å². The third-order valence-corrected chi connectivity index (χ3v) is 2.31. The van der Waals surface area contributed by atoms with Crippen molar-refractivity contribution in [3.63, 3.8) is 0 Å². The molecule has 11 heavy (non-hydrogen) atoms. The molecule has 2 atom stereocenters. The molecule has 0 aromatic carbocycles. The van der Waals surface area contributed by atoms with Crippen molar-refractivity contribution in [1.29, 1.82) is 0 Å². The van der Waals surface area contributed by atoms with Gasteiger partial charge in [0.2, 0.25) is 5.91 Å². The summed E-state index contributed by atoms with van der Waals surface area (Å²) in [6.45, 7) is 1.58. The molecule has 0 bridgehead atoms. The largest absolute Gasteiger partial charge is 0.376 e. The number of hydrogen-bond donors (Lipinski definition) is 1. The van der Waals surface area contributed by atoms with Gasteiger partial charge in [0.1, 0.15) is 6.10 Å². The molecule has 1 amide bonds. The maximum Gasteiger partial charge on any atom is 0.227 e. The Bertz CT molecular complexity index is 179. The number of carbonyl (C=O) groups excluding carboxylic acids is 1. The fourth-order valence-electron chi connectivity index (χ4n) is 1.26. The van der Waals surface area contributed by atoms with Gasteiger partial charge in [-0.3, -0.25) is 4.79 Å².